The highest BCUT2D eigenvalue weighted by Gasteiger charge is 2.31. The fourth-order valence-electron chi connectivity index (χ4n) is 3.05. The predicted octanol–water partition coefficient (Wildman–Crippen LogP) is 3.30. The molecule has 1 aromatic heterocycles. The largest absolute Gasteiger partial charge is 0.573 e. The molecule has 1 aliphatic carbocycles. The third-order valence-electron chi connectivity index (χ3n) is 4.28. The molecule has 0 saturated heterocycles. The van der Waals surface area contributed by atoms with E-state index in [9.17, 15) is 13.2 Å². The maximum absolute atomic E-state index is 12.2. The molecule has 0 aliphatic heterocycles. The van der Waals surface area contributed by atoms with Crippen molar-refractivity contribution in [2.45, 2.75) is 50.7 Å². The van der Waals surface area contributed by atoms with E-state index in [2.05, 4.69) is 20.1 Å². The Bertz CT molecular complexity index is 680. The number of alkyl halides is 3. The van der Waals surface area contributed by atoms with E-state index < -0.39 is 6.36 Å². The predicted molar refractivity (Wildman–Crippen MR) is 81.1 cm³/mol. The van der Waals surface area contributed by atoms with Gasteiger partial charge in [0.2, 0.25) is 0 Å². The number of aromatic nitrogens is 3. The number of benzene rings is 1. The van der Waals surface area contributed by atoms with Crippen molar-refractivity contribution >= 4 is 0 Å². The number of aliphatic hydroxyl groups is 1. The second-order valence-corrected chi connectivity index (χ2v) is 5.96. The Morgan fingerprint density at radius 1 is 1.12 bits per heavy atom. The van der Waals surface area contributed by atoms with E-state index >= 15 is 0 Å². The molecule has 1 aromatic carbocycles. The van der Waals surface area contributed by atoms with E-state index in [4.69, 9.17) is 9.84 Å². The van der Waals surface area contributed by atoms with Crippen LogP contribution in [-0.2, 0) is 6.61 Å². The van der Waals surface area contributed by atoms with Gasteiger partial charge < -0.3 is 14.6 Å². The summed E-state index contributed by atoms with van der Waals surface area (Å²) in [6.07, 6.45) is -1.38. The first-order valence-corrected chi connectivity index (χ1v) is 7.98. The molecule has 0 unspecified atom stereocenters. The molecule has 0 radical (unpaired) electrons. The normalized spacial score (nSPS) is 21.1. The highest BCUT2D eigenvalue weighted by atomic mass is 19.4. The monoisotopic (exact) mass is 357 g/mol. The maximum atomic E-state index is 12.2. The lowest BCUT2D eigenvalue weighted by Crippen LogP contribution is -2.24. The molecule has 136 valence electrons. The van der Waals surface area contributed by atoms with Gasteiger partial charge in [0, 0.05) is 0 Å². The Labute approximate surface area is 142 Å². The Kier molecular flexibility index (Phi) is 5.12. The Balaban J connectivity index is 1.53. The summed E-state index contributed by atoms with van der Waals surface area (Å²) in [5.41, 5.74) is 1.44. The van der Waals surface area contributed by atoms with Crippen LogP contribution in [0.5, 0.6) is 11.6 Å². The number of aromatic amines is 1. The number of nitrogens with zero attached hydrogens (tertiary/aromatic N) is 2. The van der Waals surface area contributed by atoms with Crippen LogP contribution in [0.15, 0.2) is 24.3 Å². The summed E-state index contributed by atoms with van der Waals surface area (Å²) in [6.45, 7) is -0.218. The van der Waals surface area contributed by atoms with E-state index in [1.165, 1.54) is 12.1 Å². The smallest absolute Gasteiger partial charge is 0.472 e. The first-order valence-electron chi connectivity index (χ1n) is 7.98. The molecule has 1 aliphatic rings. The van der Waals surface area contributed by atoms with E-state index in [1.807, 2.05) is 0 Å². The van der Waals surface area contributed by atoms with Crippen molar-refractivity contribution in [3.8, 4) is 11.6 Å². The van der Waals surface area contributed by atoms with Crippen LogP contribution in [0.1, 0.15) is 42.9 Å². The molecule has 3 rings (SSSR count). The first-order chi connectivity index (χ1) is 11.9. The lowest BCUT2D eigenvalue weighted by atomic mass is 9.83. The fourth-order valence-corrected chi connectivity index (χ4v) is 3.05. The number of halogens is 3. The van der Waals surface area contributed by atoms with E-state index in [1.54, 1.807) is 12.1 Å². The SMILES string of the molecule is OCc1[nH]nnc1O[C@H]1CC[C@H](c2ccc(OC(F)(F)F)cc2)CC1. The first kappa shape index (κ1) is 17.5. The summed E-state index contributed by atoms with van der Waals surface area (Å²) < 4.78 is 46.2. The Morgan fingerprint density at radius 2 is 1.80 bits per heavy atom. The van der Waals surface area contributed by atoms with Crippen LogP contribution in [0.25, 0.3) is 0 Å². The van der Waals surface area contributed by atoms with Gasteiger partial charge in [-0.15, -0.1) is 13.2 Å². The molecule has 6 nitrogen and oxygen atoms in total. The number of hydrogen-bond donors (Lipinski definition) is 2. The summed E-state index contributed by atoms with van der Waals surface area (Å²) >= 11 is 0. The van der Waals surface area contributed by atoms with Gasteiger partial charge in [-0.3, -0.25) is 5.10 Å². The van der Waals surface area contributed by atoms with Crippen molar-refractivity contribution in [2.24, 2.45) is 0 Å². The molecule has 1 heterocycles. The number of nitrogens with one attached hydrogen (secondary N) is 1. The molecule has 25 heavy (non-hydrogen) atoms. The molecule has 0 amide bonds. The third kappa shape index (κ3) is 4.62. The molecule has 1 saturated carbocycles. The topological polar surface area (TPSA) is 80.3 Å². The van der Waals surface area contributed by atoms with Crippen molar-refractivity contribution < 1.29 is 27.8 Å². The van der Waals surface area contributed by atoms with Crippen LogP contribution >= 0.6 is 0 Å². The molecular weight excluding hydrogens is 339 g/mol. The minimum absolute atomic E-state index is 0.0144. The standard InChI is InChI=1S/C16H18F3N3O3/c17-16(18,19)25-13-7-3-11(4-8-13)10-1-5-12(6-2-10)24-15-14(9-23)20-22-21-15/h3-4,7-8,10,12,23H,1-2,5-6,9H2,(H,20,21,22)/t10-,12-. The molecule has 2 N–H and O–H groups in total. The van der Waals surface area contributed by atoms with E-state index in [0.717, 1.165) is 31.2 Å². The van der Waals surface area contributed by atoms with Crippen LogP contribution in [-0.4, -0.2) is 33.0 Å². The minimum atomic E-state index is -4.68. The lowest BCUT2D eigenvalue weighted by molar-refractivity contribution is -0.274. The molecule has 9 heteroatoms. The van der Waals surface area contributed by atoms with Crippen molar-refractivity contribution in [1.82, 2.24) is 15.4 Å². The van der Waals surface area contributed by atoms with Crippen molar-refractivity contribution in [1.29, 1.82) is 0 Å². The van der Waals surface area contributed by atoms with Crippen LogP contribution in [0.3, 0.4) is 0 Å². The summed E-state index contributed by atoms with van der Waals surface area (Å²) in [5, 5.41) is 19.1. The fraction of sp³-hybridized carbons (Fsp3) is 0.500. The van der Waals surface area contributed by atoms with Gasteiger partial charge in [0.25, 0.3) is 5.88 Å². The number of rotatable bonds is 5. The van der Waals surface area contributed by atoms with Gasteiger partial charge in [-0.25, -0.2) is 0 Å². The average Bonchev–Trinajstić information content (AvgIpc) is 3.02. The van der Waals surface area contributed by atoms with Crippen LogP contribution in [0, 0.1) is 0 Å². The molecule has 0 atom stereocenters. The summed E-state index contributed by atoms with van der Waals surface area (Å²) in [6, 6.07) is 6.03. The van der Waals surface area contributed by atoms with Crippen LogP contribution in [0.2, 0.25) is 0 Å². The quantitative estimate of drug-likeness (QED) is 0.858. The van der Waals surface area contributed by atoms with E-state index in [0.29, 0.717) is 11.6 Å². The lowest BCUT2D eigenvalue weighted by Gasteiger charge is -2.28. The molecule has 0 bridgehead atoms. The van der Waals surface area contributed by atoms with Gasteiger partial charge in [-0.05, 0) is 49.3 Å². The van der Waals surface area contributed by atoms with Crippen LogP contribution < -0.4 is 9.47 Å². The average molecular weight is 357 g/mol. The zero-order chi connectivity index (χ0) is 17.9. The zero-order valence-electron chi connectivity index (χ0n) is 13.3. The highest BCUT2D eigenvalue weighted by molar-refractivity contribution is 5.30. The molecule has 2 aromatic rings. The minimum Gasteiger partial charge on any atom is -0.472 e. The van der Waals surface area contributed by atoms with Crippen molar-refractivity contribution in [3.63, 3.8) is 0 Å². The van der Waals surface area contributed by atoms with Gasteiger partial charge in [0.1, 0.15) is 17.5 Å². The van der Waals surface area contributed by atoms with Crippen molar-refractivity contribution in [3.05, 3.63) is 35.5 Å². The number of ether oxygens (including phenoxy) is 2. The van der Waals surface area contributed by atoms with Gasteiger partial charge in [0.05, 0.1) is 6.61 Å². The van der Waals surface area contributed by atoms with E-state index in [-0.39, 0.29) is 24.4 Å². The Hall–Kier alpha value is -2.29. The Morgan fingerprint density at radius 3 is 2.40 bits per heavy atom. The number of H-pyrrole nitrogens is 1. The second kappa shape index (κ2) is 7.30. The van der Waals surface area contributed by atoms with Gasteiger partial charge in [-0.1, -0.05) is 22.4 Å². The van der Waals surface area contributed by atoms with Gasteiger partial charge in [-0.2, -0.15) is 0 Å². The summed E-state index contributed by atoms with van der Waals surface area (Å²) in [4.78, 5) is 0. The second-order valence-electron chi connectivity index (χ2n) is 5.96. The zero-order valence-corrected chi connectivity index (χ0v) is 13.3. The number of aliphatic hydroxyl groups excluding tert-OH is 1. The summed E-state index contributed by atoms with van der Waals surface area (Å²) in [7, 11) is 0. The molecule has 0 spiro atoms. The number of hydrogen-bond acceptors (Lipinski definition) is 5. The molecule has 1 fully saturated rings. The highest BCUT2D eigenvalue weighted by Crippen LogP contribution is 2.35. The van der Waals surface area contributed by atoms with Gasteiger partial charge in [0.15, 0.2) is 0 Å². The van der Waals surface area contributed by atoms with Crippen molar-refractivity contribution in [2.75, 3.05) is 0 Å². The summed E-state index contributed by atoms with van der Waals surface area (Å²) in [5.74, 6) is 0.379. The van der Waals surface area contributed by atoms with Crippen LogP contribution in [0.4, 0.5) is 13.2 Å². The van der Waals surface area contributed by atoms with Gasteiger partial charge >= 0.3 is 6.36 Å². The maximum Gasteiger partial charge on any atom is 0.573 e. The third-order valence-corrected chi connectivity index (χ3v) is 4.28. The molecular formula is C16H18F3N3O3.